The van der Waals surface area contributed by atoms with Crippen LogP contribution in [0.25, 0.3) is 0 Å². The summed E-state index contributed by atoms with van der Waals surface area (Å²) in [4.78, 5) is 38.7. The Hall–Kier alpha value is -3.14. The molecule has 180 valence electrons. The Bertz CT molecular complexity index is 935. The van der Waals surface area contributed by atoms with E-state index in [1.165, 1.54) is 12.1 Å². The number of carbonyl (C=O) groups excluding carboxylic acids is 3. The zero-order chi connectivity index (χ0) is 24.2. The number of ether oxygens (including phenoxy) is 2. The van der Waals surface area contributed by atoms with Gasteiger partial charge in [-0.1, -0.05) is 0 Å². The smallest absolute Gasteiger partial charge is 0.410 e. The van der Waals surface area contributed by atoms with Gasteiger partial charge in [0.15, 0.2) is 11.6 Å². The van der Waals surface area contributed by atoms with E-state index in [-0.39, 0.29) is 36.6 Å². The van der Waals surface area contributed by atoms with Crippen LogP contribution in [0.2, 0.25) is 0 Å². The highest BCUT2D eigenvalue weighted by Crippen LogP contribution is 2.26. The molecule has 1 fully saturated rings. The van der Waals surface area contributed by atoms with Crippen LogP contribution in [0.1, 0.15) is 33.6 Å². The second kappa shape index (κ2) is 10.2. The van der Waals surface area contributed by atoms with Crippen LogP contribution in [0, 0.1) is 11.7 Å². The number of rotatable bonds is 7. The number of aliphatic hydroxyl groups is 1. The standard InChI is InChI=1S/C23H30FN3O6/c1-23(2,3)33-22(31)26-8-6-15(7-9-26)14-32-19-5-4-16(12-17(19)24)25-18-13-20(29)27(10-11-28)21(18)30/h4-5,12-13,15,25,28H,6-11,14H2,1-3H3. The van der Waals surface area contributed by atoms with Crippen LogP contribution in [0.15, 0.2) is 30.0 Å². The van der Waals surface area contributed by atoms with Crippen molar-refractivity contribution in [3.8, 4) is 5.75 Å². The summed E-state index contributed by atoms with van der Waals surface area (Å²) >= 11 is 0. The second-order valence-electron chi connectivity index (χ2n) is 9.07. The van der Waals surface area contributed by atoms with Gasteiger partial charge in [-0.3, -0.25) is 14.5 Å². The minimum absolute atomic E-state index is 0.0123. The molecular formula is C23H30FN3O6. The Labute approximate surface area is 192 Å². The molecule has 0 aliphatic carbocycles. The van der Waals surface area contributed by atoms with Gasteiger partial charge in [0.2, 0.25) is 0 Å². The van der Waals surface area contributed by atoms with Gasteiger partial charge in [-0.25, -0.2) is 9.18 Å². The minimum Gasteiger partial charge on any atom is -0.490 e. The number of nitrogens with one attached hydrogen (secondary N) is 1. The first-order valence-corrected chi connectivity index (χ1v) is 10.9. The van der Waals surface area contributed by atoms with E-state index in [4.69, 9.17) is 14.6 Å². The molecule has 0 aromatic heterocycles. The van der Waals surface area contributed by atoms with Crippen molar-refractivity contribution in [2.75, 3.05) is 38.2 Å². The summed E-state index contributed by atoms with van der Waals surface area (Å²) < 4.78 is 25.6. The summed E-state index contributed by atoms with van der Waals surface area (Å²) in [6.07, 6.45) is 2.25. The van der Waals surface area contributed by atoms with Crippen molar-refractivity contribution in [1.29, 1.82) is 0 Å². The van der Waals surface area contributed by atoms with E-state index in [1.807, 2.05) is 20.8 Å². The lowest BCUT2D eigenvalue weighted by atomic mass is 9.98. The van der Waals surface area contributed by atoms with Gasteiger partial charge in [0.1, 0.15) is 11.3 Å². The van der Waals surface area contributed by atoms with Crippen molar-refractivity contribution in [3.63, 3.8) is 0 Å². The van der Waals surface area contributed by atoms with Crippen LogP contribution in [0.4, 0.5) is 14.9 Å². The fourth-order valence-electron chi connectivity index (χ4n) is 3.58. The summed E-state index contributed by atoms with van der Waals surface area (Å²) in [5.74, 6) is -1.44. The number of aliphatic hydroxyl groups excluding tert-OH is 1. The number of hydrogen-bond acceptors (Lipinski definition) is 7. The van der Waals surface area contributed by atoms with E-state index in [9.17, 15) is 18.8 Å². The quantitative estimate of drug-likeness (QED) is 0.598. The number of anilines is 1. The molecule has 2 N–H and O–H groups in total. The van der Waals surface area contributed by atoms with Crippen LogP contribution in [0.3, 0.4) is 0 Å². The van der Waals surface area contributed by atoms with E-state index in [1.54, 1.807) is 11.0 Å². The average Bonchev–Trinajstić information content (AvgIpc) is 3.00. The van der Waals surface area contributed by atoms with Crippen molar-refractivity contribution in [2.24, 2.45) is 5.92 Å². The normalized spacial score (nSPS) is 17.3. The van der Waals surface area contributed by atoms with Crippen LogP contribution >= 0.6 is 0 Å². The van der Waals surface area contributed by atoms with E-state index >= 15 is 0 Å². The van der Waals surface area contributed by atoms with Crippen molar-refractivity contribution in [2.45, 2.75) is 39.2 Å². The molecule has 0 unspecified atom stereocenters. The third-order valence-electron chi connectivity index (χ3n) is 5.28. The lowest BCUT2D eigenvalue weighted by Crippen LogP contribution is -2.42. The van der Waals surface area contributed by atoms with Crippen LogP contribution < -0.4 is 10.1 Å². The summed E-state index contributed by atoms with van der Waals surface area (Å²) in [5, 5.41) is 11.7. The third-order valence-corrected chi connectivity index (χ3v) is 5.28. The van der Waals surface area contributed by atoms with Gasteiger partial charge in [-0.2, -0.15) is 0 Å². The number of imide groups is 1. The van der Waals surface area contributed by atoms with Crippen molar-refractivity contribution in [1.82, 2.24) is 9.80 Å². The molecule has 0 bridgehead atoms. The molecule has 2 aliphatic rings. The zero-order valence-corrected chi connectivity index (χ0v) is 19.1. The molecule has 1 aromatic rings. The minimum atomic E-state index is -0.601. The van der Waals surface area contributed by atoms with E-state index in [0.717, 1.165) is 23.8 Å². The van der Waals surface area contributed by atoms with E-state index in [2.05, 4.69) is 5.32 Å². The van der Waals surface area contributed by atoms with Gasteiger partial charge in [-0.15, -0.1) is 0 Å². The van der Waals surface area contributed by atoms with Gasteiger partial charge in [0.05, 0.1) is 19.8 Å². The lowest BCUT2D eigenvalue weighted by Gasteiger charge is -2.33. The zero-order valence-electron chi connectivity index (χ0n) is 19.1. The van der Waals surface area contributed by atoms with Crippen LogP contribution in [-0.4, -0.2) is 71.3 Å². The molecule has 2 aliphatic heterocycles. The number of benzene rings is 1. The lowest BCUT2D eigenvalue weighted by molar-refractivity contribution is -0.137. The largest absolute Gasteiger partial charge is 0.490 e. The van der Waals surface area contributed by atoms with Gasteiger partial charge in [-0.05, 0) is 51.7 Å². The maximum Gasteiger partial charge on any atom is 0.410 e. The summed E-state index contributed by atoms with van der Waals surface area (Å²) in [7, 11) is 0. The maximum atomic E-state index is 14.5. The van der Waals surface area contributed by atoms with E-state index in [0.29, 0.717) is 25.4 Å². The van der Waals surface area contributed by atoms with Gasteiger partial charge < -0.3 is 24.8 Å². The summed E-state index contributed by atoms with van der Waals surface area (Å²) in [5.41, 5.74) is -0.229. The van der Waals surface area contributed by atoms with E-state index < -0.39 is 23.2 Å². The molecule has 0 radical (unpaired) electrons. The first-order valence-electron chi connectivity index (χ1n) is 10.9. The highest BCUT2D eigenvalue weighted by Gasteiger charge is 2.31. The van der Waals surface area contributed by atoms with Crippen molar-refractivity contribution >= 4 is 23.6 Å². The summed E-state index contributed by atoms with van der Waals surface area (Å²) in [6, 6.07) is 4.20. The number of carbonyl (C=O) groups is 3. The number of halogens is 1. The van der Waals surface area contributed by atoms with Gasteiger partial charge >= 0.3 is 6.09 Å². The summed E-state index contributed by atoms with van der Waals surface area (Å²) in [6.45, 7) is 6.49. The Morgan fingerprint density at radius 3 is 2.55 bits per heavy atom. The van der Waals surface area contributed by atoms with Gasteiger partial charge in [0.25, 0.3) is 11.8 Å². The molecule has 9 nitrogen and oxygen atoms in total. The predicted molar refractivity (Wildman–Crippen MR) is 118 cm³/mol. The molecule has 3 amide bonds. The van der Waals surface area contributed by atoms with Crippen molar-refractivity contribution < 1.29 is 33.4 Å². The Balaban J connectivity index is 1.49. The topological polar surface area (TPSA) is 108 Å². The predicted octanol–water partition coefficient (Wildman–Crippen LogP) is 2.51. The molecule has 33 heavy (non-hydrogen) atoms. The van der Waals surface area contributed by atoms with Crippen molar-refractivity contribution in [3.05, 3.63) is 35.8 Å². The highest BCUT2D eigenvalue weighted by atomic mass is 19.1. The first-order chi connectivity index (χ1) is 15.6. The fourth-order valence-corrected chi connectivity index (χ4v) is 3.58. The number of piperidine rings is 1. The number of hydrogen-bond donors (Lipinski definition) is 2. The molecule has 2 heterocycles. The number of β-amino-alcohol motifs (C(OH)–C–C–N with tert-alkyl or cyclic N) is 1. The molecule has 1 aromatic carbocycles. The number of nitrogens with zero attached hydrogens (tertiary/aromatic N) is 2. The van der Waals surface area contributed by atoms with Crippen LogP contribution in [-0.2, 0) is 14.3 Å². The molecule has 10 heteroatoms. The Kier molecular flexibility index (Phi) is 7.57. The Morgan fingerprint density at radius 2 is 1.94 bits per heavy atom. The third kappa shape index (κ3) is 6.44. The second-order valence-corrected chi connectivity index (χ2v) is 9.07. The molecule has 1 saturated heterocycles. The fraction of sp³-hybridized carbons (Fsp3) is 0.522. The van der Waals surface area contributed by atoms with Gasteiger partial charge in [0, 0.05) is 30.9 Å². The number of likely N-dealkylation sites (tertiary alicyclic amines) is 1. The maximum absolute atomic E-state index is 14.5. The molecule has 0 saturated carbocycles. The average molecular weight is 464 g/mol. The SMILES string of the molecule is CC(C)(C)OC(=O)N1CCC(COc2ccc(NC3=CC(=O)N(CCO)C3=O)cc2F)CC1. The molecule has 0 atom stereocenters. The molecule has 0 spiro atoms. The molecular weight excluding hydrogens is 433 g/mol. The first kappa shape index (κ1) is 24.5. The number of amides is 3. The highest BCUT2D eigenvalue weighted by molar-refractivity contribution is 6.17. The monoisotopic (exact) mass is 463 g/mol. The van der Waals surface area contributed by atoms with Crippen LogP contribution in [0.5, 0.6) is 5.75 Å². The molecule has 3 rings (SSSR count). The Morgan fingerprint density at radius 1 is 1.24 bits per heavy atom.